The third-order valence-electron chi connectivity index (χ3n) is 8.47. The van der Waals surface area contributed by atoms with Gasteiger partial charge in [0, 0.05) is 0 Å². The third-order valence-corrected chi connectivity index (χ3v) is 19.8. The summed E-state index contributed by atoms with van der Waals surface area (Å²) in [6.45, 7) is 14.2. The van der Waals surface area contributed by atoms with Crippen LogP contribution in [0.25, 0.3) is 11.1 Å². The van der Waals surface area contributed by atoms with Gasteiger partial charge in [-0.25, -0.2) is 0 Å². The van der Waals surface area contributed by atoms with Crippen molar-refractivity contribution >= 4 is 6.58 Å². The molecule has 0 unspecified atom stereocenters. The Morgan fingerprint density at radius 1 is 0.675 bits per heavy atom. The summed E-state index contributed by atoms with van der Waals surface area (Å²) in [6.07, 6.45) is 9.27. The first-order valence-electron chi connectivity index (χ1n) is 14.6. The normalized spacial score (nSPS) is 14.1. The molecule has 0 heterocycles. The van der Waals surface area contributed by atoms with Gasteiger partial charge in [0.1, 0.15) is 0 Å². The fourth-order valence-electron chi connectivity index (χ4n) is 6.40. The maximum absolute atomic E-state index is 2.94. The number of allylic oxidation sites excluding steroid dienone is 4. The van der Waals surface area contributed by atoms with Gasteiger partial charge in [-0.05, 0) is 0 Å². The van der Waals surface area contributed by atoms with Gasteiger partial charge in [-0.15, -0.1) is 0 Å². The minimum atomic E-state index is -2.94. The Kier molecular flexibility index (Phi) is 7.16. The van der Waals surface area contributed by atoms with E-state index < -0.39 is 21.0 Å². The molecule has 0 aliphatic heterocycles. The fourth-order valence-corrected chi connectivity index (χ4v) is 19.5. The molecule has 2 aliphatic rings. The standard InChI is InChI=1S/C21H25.C13H10.C5H5.Hf/c1-20(2,3)16-7-9-18-14(12-16)11-15-13-17(21(4,5)6)8-10-19(15)18;1-3-7-12(8-4-1)11-13-9-5-2-6-10-13;1-2-4-5-3-1;/h7-10,12H,11H2,1-6H3;1-10H;1-3H,4H2;. The number of hydrogen-bond donors (Lipinski definition) is 0. The minimum absolute atomic E-state index is 0.0662. The molecular formula is C39H40Hf. The van der Waals surface area contributed by atoms with Crippen molar-refractivity contribution in [3.8, 4) is 11.1 Å². The summed E-state index contributed by atoms with van der Waals surface area (Å²) in [4.78, 5) is 0. The Labute approximate surface area is 248 Å². The quantitative estimate of drug-likeness (QED) is 0.166. The van der Waals surface area contributed by atoms with Gasteiger partial charge in [0.25, 0.3) is 0 Å². The van der Waals surface area contributed by atoms with Gasteiger partial charge in [-0.3, -0.25) is 0 Å². The Balaban J connectivity index is 1.72. The fraction of sp³-hybridized carbons (Fsp3) is 0.256. The predicted octanol–water partition coefficient (Wildman–Crippen LogP) is 9.21. The number of hydrogen-bond acceptors (Lipinski definition) is 0. The molecule has 2 aliphatic carbocycles. The zero-order valence-electron chi connectivity index (χ0n) is 24.8. The number of rotatable bonds is 4. The zero-order chi connectivity index (χ0) is 28.1. The maximum atomic E-state index is 2.50. The van der Waals surface area contributed by atoms with Crippen molar-refractivity contribution in [3.05, 3.63) is 146 Å². The molecule has 4 aromatic carbocycles. The first-order valence-corrected chi connectivity index (χ1v) is 20.0. The molecule has 0 atom stereocenters. The molecule has 1 heteroatoms. The SMILES string of the molecule is CC(C)(C)c1ccc2c(c1)Cc1c-2ccc(C(C)(C)C)[c]1[Hf]([C]1=CC=CC1)=[C](c1ccccc1)c1ccccc1. The van der Waals surface area contributed by atoms with Crippen molar-refractivity contribution < 1.29 is 21.0 Å². The van der Waals surface area contributed by atoms with Crippen molar-refractivity contribution in [2.75, 3.05) is 0 Å². The first-order chi connectivity index (χ1) is 19.1. The molecule has 40 heavy (non-hydrogen) atoms. The number of fused-ring (bicyclic) bond motifs is 3. The van der Waals surface area contributed by atoms with Crippen LogP contribution in [0.2, 0.25) is 0 Å². The molecule has 6 rings (SSSR count). The van der Waals surface area contributed by atoms with Gasteiger partial charge in [0.2, 0.25) is 0 Å². The van der Waals surface area contributed by atoms with Gasteiger partial charge in [-0.2, -0.15) is 0 Å². The molecule has 0 spiro atoms. The summed E-state index contributed by atoms with van der Waals surface area (Å²) in [7, 11) is 0. The van der Waals surface area contributed by atoms with Crippen LogP contribution >= 0.6 is 0 Å². The van der Waals surface area contributed by atoms with Crippen LogP contribution in [-0.4, -0.2) is 3.26 Å². The van der Waals surface area contributed by atoms with E-state index in [0.717, 1.165) is 12.8 Å². The van der Waals surface area contributed by atoms with Crippen molar-refractivity contribution in [3.63, 3.8) is 0 Å². The van der Waals surface area contributed by atoms with Crippen LogP contribution in [0.1, 0.15) is 81.3 Å². The van der Waals surface area contributed by atoms with E-state index in [0.29, 0.717) is 0 Å². The molecule has 0 aromatic heterocycles. The van der Waals surface area contributed by atoms with Gasteiger partial charge in [0.05, 0.1) is 0 Å². The summed E-state index contributed by atoms with van der Waals surface area (Å²) < 4.78 is 5.03. The third kappa shape index (κ3) is 5.03. The van der Waals surface area contributed by atoms with Gasteiger partial charge in [-0.1, -0.05) is 0 Å². The van der Waals surface area contributed by atoms with Crippen molar-refractivity contribution in [2.45, 2.75) is 65.2 Å². The summed E-state index contributed by atoms with van der Waals surface area (Å²) in [5.74, 6) is 0. The van der Waals surface area contributed by atoms with E-state index >= 15 is 0 Å². The molecule has 0 amide bonds. The van der Waals surface area contributed by atoms with E-state index in [4.69, 9.17) is 0 Å². The molecule has 0 nitrogen and oxygen atoms in total. The molecular weight excluding hydrogens is 647 g/mol. The summed E-state index contributed by atoms with van der Waals surface area (Å²) in [5.41, 5.74) is 12.0. The monoisotopic (exact) mass is 688 g/mol. The Morgan fingerprint density at radius 2 is 1.30 bits per heavy atom. The summed E-state index contributed by atoms with van der Waals surface area (Å²) in [5, 5.41) is 0. The van der Waals surface area contributed by atoms with E-state index in [9.17, 15) is 0 Å². The molecule has 0 N–H and O–H groups in total. The average Bonchev–Trinajstić information content (AvgIpc) is 3.59. The Morgan fingerprint density at radius 3 is 1.85 bits per heavy atom. The average molecular weight is 687 g/mol. The van der Waals surface area contributed by atoms with Crippen LogP contribution in [0.15, 0.2) is 113 Å². The molecule has 4 aromatic rings. The van der Waals surface area contributed by atoms with E-state index in [-0.39, 0.29) is 10.8 Å². The zero-order valence-corrected chi connectivity index (χ0v) is 28.4. The second kappa shape index (κ2) is 10.5. The Hall–Kier alpha value is -2.90. The van der Waals surface area contributed by atoms with Gasteiger partial charge >= 0.3 is 250 Å². The van der Waals surface area contributed by atoms with Crippen molar-refractivity contribution in [2.24, 2.45) is 0 Å². The van der Waals surface area contributed by atoms with E-state index in [1.165, 1.54) is 33.4 Å². The van der Waals surface area contributed by atoms with Gasteiger partial charge < -0.3 is 0 Å². The topological polar surface area (TPSA) is 0 Å². The van der Waals surface area contributed by atoms with Crippen molar-refractivity contribution in [1.82, 2.24) is 0 Å². The van der Waals surface area contributed by atoms with Crippen LogP contribution < -0.4 is 3.32 Å². The van der Waals surface area contributed by atoms with E-state index in [2.05, 4.69) is 151 Å². The van der Waals surface area contributed by atoms with Crippen molar-refractivity contribution in [1.29, 1.82) is 0 Å². The van der Waals surface area contributed by atoms with Crippen LogP contribution in [0, 0.1) is 0 Å². The predicted molar refractivity (Wildman–Crippen MR) is 170 cm³/mol. The summed E-state index contributed by atoms with van der Waals surface area (Å²) in [6, 6.07) is 34.7. The Bertz CT molecular complexity index is 1630. The molecule has 0 saturated carbocycles. The van der Waals surface area contributed by atoms with Crippen LogP contribution in [-0.2, 0) is 38.2 Å². The van der Waals surface area contributed by atoms with Crippen LogP contribution in [0.3, 0.4) is 0 Å². The first kappa shape index (κ1) is 27.3. The second-order valence-electron chi connectivity index (χ2n) is 13.4. The number of benzene rings is 4. The molecule has 0 fully saturated rings. The second-order valence-corrected chi connectivity index (χ2v) is 22.0. The van der Waals surface area contributed by atoms with Crippen LogP contribution in [0.4, 0.5) is 0 Å². The summed E-state index contributed by atoms with van der Waals surface area (Å²) >= 11 is -2.94. The molecule has 0 radical (unpaired) electrons. The molecule has 0 saturated heterocycles. The van der Waals surface area contributed by atoms with Crippen LogP contribution in [0.5, 0.6) is 0 Å². The molecule has 200 valence electrons. The van der Waals surface area contributed by atoms with E-state index in [1.54, 1.807) is 21.0 Å². The van der Waals surface area contributed by atoms with Gasteiger partial charge in [0.15, 0.2) is 0 Å². The molecule has 0 bridgehead atoms. The van der Waals surface area contributed by atoms with E-state index in [1.807, 2.05) is 0 Å².